The molecule has 0 fully saturated rings. The molecule has 1 aromatic rings. The van der Waals surface area contributed by atoms with Gasteiger partial charge in [0, 0.05) is 19.2 Å². The van der Waals surface area contributed by atoms with Crippen LogP contribution in [0, 0.1) is 5.41 Å². The lowest BCUT2D eigenvalue weighted by Gasteiger charge is -2.32. The van der Waals surface area contributed by atoms with Crippen LogP contribution >= 0.6 is 0 Å². The minimum Gasteiger partial charge on any atom is -0.335 e. The Kier molecular flexibility index (Phi) is 3.55. The average Bonchev–Trinajstić information content (AvgIpc) is 2.32. The number of amides is 1. The molecule has 1 aromatic carbocycles. The van der Waals surface area contributed by atoms with Crippen LogP contribution < -0.4 is 0 Å². The lowest BCUT2D eigenvalue weighted by molar-refractivity contribution is -0.127. The third kappa shape index (κ3) is 3.00. The summed E-state index contributed by atoms with van der Waals surface area (Å²) in [6.45, 7) is 8.04. The molecule has 2 rings (SSSR count). The van der Waals surface area contributed by atoms with Gasteiger partial charge in [0.25, 0.3) is 0 Å². The van der Waals surface area contributed by atoms with Crippen molar-refractivity contribution in [3.05, 3.63) is 47.5 Å². The van der Waals surface area contributed by atoms with E-state index in [2.05, 4.69) is 32.9 Å². The van der Waals surface area contributed by atoms with E-state index < -0.39 is 0 Å². The Hall–Kier alpha value is -1.57. The van der Waals surface area contributed by atoms with Gasteiger partial charge in [-0.05, 0) is 17.4 Å². The molecule has 0 aromatic heterocycles. The number of rotatable bonds is 2. The molecular weight excluding hydrogens is 222 g/mol. The first kappa shape index (κ1) is 12.9. The quantitative estimate of drug-likeness (QED) is 0.779. The third-order valence-corrected chi connectivity index (χ3v) is 3.44. The Morgan fingerprint density at radius 2 is 1.83 bits per heavy atom. The molecule has 1 heterocycles. The first-order valence-corrected chi connectivity index (χ1v) is 6.51. The number of carbonyl (C=O) groups is 1. The van der Waals surface area contributed by atoms with Crippen LogP contribution in [-0.2, 0) is 11.3 Å². The lowest BCUT2D eigenvalue weighted by Crippen LogP contribution is -2.35. The smallest absolute Gasteiger partial charge is 0.246 e. The molecule has 1 aliphatic rings. The molecule has 0 bridgehead atoms. The van der Waals surface area contributed by atoms with Crippen molar-refractivity contribution in [2.75, 3.05) is 6.54 Å². The van der Waals surface area contributed by atoms with Gasteiger partial charge in [0.2, 0.25) is 5.91 Å². The summed E-state index contributed by atoms with van der Waals surface area (Å²) in [7, 11) is 0. The maximum Gasteiger partial charge on any atom is 0.246 e. The number of hydrogen-bond donors (Lipinski definition) is 0. The van der Waals surface area contributed by atoms with Gasteiger partial charge in [0.15, 0.2) is 0 Å². The van der Waals surface area contributed by atoms with Crippen molar-refractivity contribution in [2.45, 2.75) is 33.7 Å². The van der Waals surface area contributed by atoms with Gasteiger partial charge < -0.3 is 4.90 Å². The highest BCUT2D eigenvalue weighted by Crippen LogP contribution is 2.30. The van der Waals surface area contributed by atoms with Crippen molar-refractivity contribution in [1.29, 1.82) is 0 Å². The van der Waals surface area contributed by atoms with Crippen LogP contribution in [0.1, 0.15) is 32.8 Å². The van der Waals surface area contributed by atoms with Gasteiger partial charge in [0.05, 0.1) is 0 Å². The van der Waals surface area contributed by atoms with E-state index in [1.165, 1.54) is 11.1 Å². The molecule has 0 N–H and O–H groups in total. The standard InChI is InChI=1S/C16H21NO/c1-16(2,3)14-9-10-17(15(18)11-14)12-13-7-5-4-6-8-13/h4-8,11H,9-10,12H2,1-3H3. The van der Waals surface area contributed by atoms with Crippen molar-refractivity contribution in [1.82, 2.24) is 4.90 Å². The number of benzene rings is 1. The summed E-state index contributed by atoms with van der Waals surface area (Å²) in [5.74, 6) is 0.148. The fourth-order valence-corrected chi connectivity index (χ4v) is 2.23. The SMILES string of the molecule is CC(C)(C)C1=CC(=O)N(Cc2ccccc2)CC1. The summed E-state index contributed by atoms with van der Waals surface area (Å²) in [6.07, 6.45) is 2.81. The van der Waals surface area contributed by atoms with E-state index in [0.29, 0.717) is 6.54 Å². The van der Waals surface area contributed by atoms with E-state index >= 15 is 0 Å². The first-order valence-electron chi connectivity index (χ1n) is 6.51. The predicted octanol–water partition coefficient (Wildman–Crippen LogP) is 3.39. The van der Waals surface area contributed by atoms with Crippen LogP contribution in [-0.4, -0.2) is 17.4 Å². The van der Waals surface area contributed by atoms with E-state index in [0.717, 1.165) is 13.0 Å². The molecule has 0 atom stereocenters. The zero-order valence-electron chi connectivity index (χ0n) is 11.4. The lowest BCUT2D eigenvalue weighted by atomic mass is 9.83. The Balaban J connectivity index is 2.07. The summed E-state index contributed by atoms with van der Waals surface area (Å²) >= 11 is 0. The van der Waals surface area contributed by atoms with Gasteiger partial charge in [-0.15, -0.1) is 0 Å². The van der Waals surface area contributed by atoms with Crippen molar-refractivity contribution >= 4 is 5.91 Å². The zero-order chi connectivity index (χ0) is 13.2. The second-order valence-electron chi connectivity index (χ2n) is 5.91. The highest BCUT2D eigenvalue weighted by Gasteiger charge is 2.25. The molecule has 2 nitrogen and oxygen atoms in total. The monoisotopic (exact) mass is 243 g/mol. The molecule has 96 valence electrons. The number of hydrogen-bond acceptors (Lipinski definition) is 1. The minimum atomic E-state index is 0.106. The number of carbonyl (C=O) groups excluding carboxylic acids is 1. The molecule has 1 aliphatic heterocycles. The summed E-state index contributed by atoms with van der Waals surface area (Å²) in [5.41, 5.74) is 2.56. The maximum absolute atomic E-state index is 12.1. The maximum atomic E-state index is 12.1. The fourth-order valence-electron chi connectivity index (χ4n) is 2.23. The molecule has 0 aliphatic carbocycles. The Morgan fingerprint density at radius 3 is 2.39 bits per heavy atom. The van der Waals surface area contributed by atoms with Crippen molar-refractivity contribution in [2.24, 2.45) is 5.41 Å². The van der Waals surface area contributed by atoms with Gasteiger partial charge in [-0.25, -0.2) is 0 Å². The molecule has 18 heavy (non-hydrogen) atoms. The van der Waals surface area contributed by atoms with E-state index in [9.17, 15) is 4.79 Å². The second kappa shape index (κ2) is 4.97. The summed E-state index contributed by atoms with van der Waals surface area (Å²) in [6, 6.07) is 10.2. The van der Waals surface area contributed by atoms with E-state index in [1.807, 2.05) is 29.2 Å². The number of nitrogens with zero attached hydrogens (tertiary/aromatic N) is 1. The van der Waals surface area contributed by atoms with Crippen molar-refractivity contribution in [3.63, 3.8) is 0 Å². The molecule has 2 heteroatoms. The van der Waals surface area contributed by atoms with E-state index in [1.54, 1.807) is 0 Å². The molecule has 1 amide bonds. The molecular formula is C16H21NO. The Morgan fingerprint density at radius 1 is 1.17 bits per heavy atom. The summed E-state index contributed by atoms with van der Waals surface area (Å²) < 4.78 is 0. The van der Waals surface area contributed by atoms with Crippen molar-refractivity contribution in [3.8, 4) is 0 Å². The highest BCUT2D eigenvalue weighted by molar-refractivity contribution is 5.89. The van der Waals surface area contributed by atoms with Gasteiger partial charge in [-0.3, -0.25) is 4.79 Å². The largest absolute Gasteiger partial charge is 0.335 e. The summed E-state index contributed by atoms with van der Waals surface area (Å²) in [5, 5.41) is 0. The van der Waals surface area contributed by atoms with Gasteiger partial charge in [-0.1, -0.05) is 56.7 Å². The molecule has 0 unspecified atom stereocenters. The zero-order valence-corrected chi connectivity index (χ0v) is 11.4. The normalized spacial score (nSPS) is 16.7. The van der Waals surface area contributed by atoms with Crippen LogP contribution in [0.5, 0.6) is 0 Å². The van der Waals surface area contributed by atoms with Gasteiger partial charge >= 0.3 is 0 Å². The van der Waals surface area contributed by atoms with E-state index in [4.69, 9.17) is 0 Å². The highest BCUT2D eigenvalue weighted by atomic mass is 16.2. The van der Waals surface area contributed by atoms with Crippen LogP contribution in [0.15, 0.2) is 42.0 Å². The molecule has 0 spiro atoms. The van der Waals surface area contributed by atoms with Crippen molar-refractivity contribution < 1.29 is 4.79 Å². The van der Waals surface area contributed by atoms with Gasteiger partial charge in [-0.2, -0.15) is 0 Å². The first-order chi connectivity index (χ1) is 8.47. The second-order valence-corrected chi connectivity index (χ2v) is 5.91. The van der Waals surface area contributed by atoms with Crippen LogP contribution in [0.25, 0.3) is 0 Å². The van der Waals surface area contributed by atoms with Crippen LogP contribution in [0.2, 0.25) is 0 Å². The third-order valence-electron chi connectivity index (χ3n) is 3.44. The molecule has 0 saturated carbocycles. The summed E-state index contributed by atoms with van der Waals surface area (Å²) in [4.78, 5) is 14.0. The Labute approximate surface area is 109 Å². The molecule has 0 saturated heterocycles. The van der Waals surface area contributed by atoms with Crippen LogP contribution in [0.4, 0.5) is 0 Å². The van der Waals surface area contributed by atoms with Crippen LogP contribution in [0.3, 0.4) is 0 Å². The minimum absolute atomic E-state index is 0.106. The average molecular weight is 243 g/mol. The predicted molar refractivity (Wildman–Crippen MR) is 74.0 cm³/mol. The topological polar surface area (TPSA) is 20.3 Å². The van der Waals surface area contributed by atoms with Gasteiger partial charge in [0.1, 0.15) is 0 Å². The fraction of sp³-hybridized carbons (Fsp3) is 0.438. The molecule has 0 radical (unpaired) electrons. The van der Waals surface area contributed by atoms with E-state index in [-0.39, 0.29) is 11.3 Å². The Bertz CT molecular complexity index is 454.